The first-order chi connectivity index (χ1) is 10.4. The highest BCUT2D eigenvalue weighted by Crippen LogP contribution is 2.26. The molecule has 1 atom stereocenters. The number of aromatic amines is 1. The lowest BCUT2D eigenvalue weighted by atomic mass is 9.89. The van der Waals surface area contributed by atoms with E-state index in [9.17, 15) is 0 Å². The van der Waals surface area contributed by atoms with Crippen LogP contribution < -0.4 is 0 Å². The van der Waals surface area contributed by atoms with Gasteiger partial charge in [-0.3, -0.25) is 10.00 Å². The summed E-state index contributed by atoms with van der Waals surface area (Å²) in [6.45, 7) is 9.93. The monoisotopic (exact) mass is 304 g/mol. The van der Waals surface area contributed by atoms with E-state index >= 15 is 0 Å². The average molecular weight is 304 g/mol. The van der Waals surface area contributed by atoms with Crippen LogP contribution in [0.1, 0.15) is 44.0 Å². The maximum absolute atomic E-state index is 5.86. The first kappa shape index (κ1) is 15.2. The molecule has 1 fully saturated rings. The molecule has 1 aliphatic heterocycles. The van der Waals surface area contributed by atoms with E-state index in [1.807, 2.05) is 17.8 Å². The molecule has 0 saturated carbocycles. The van der Waals surface area contributed by atoms with Gasteiger partial charge in [0.2, 0.25) is 0 Å². The second-order valence-corrected chi connectivity index (χ2v) is 6.91. The summed E-state index contributed by atoms with van der Waals surface area (Å²) in [6, 6.07) is 0. The summed E-state index contributed by atoms with van der Waals surface area (Å²) in [4.78, 5) is 2.39. The largest absolute Gasteiger partial charge is 0.368 e. The van der Waals surface area contributed by atoms with Crippen molar-refractivity contribution in [2.75, 3.05) is 19.7 Å². The Hall–Kier alpha value is -1.73. The summed E-state index contributed by atoms with van der Waals surface area (Å²) in [5, 5.41) is 15.5. The molecule has 22 heavy (non-hydrogen) atoms. The number of ether oxygens (including phenoxy) is 1. The molecule has 0 amide bonds. The second-order valence-electron chi connectivity index (χ2n) is 6.91. The molecule has 0 aromatic carbocycles. The lowest BCUT2D eigenvalue weighted by Crippen LogP contribution is -2.39. The van der Waals surface area contributed by atoms with E-state index in [1.54, 1.807) is 6.33 Å². The molecule has 0 unspecified atom stereocenters. The van der Waals surface area contributed by atoms with Gasteiger partial charge in [0.15, 0.2) is 5.82 Å². The SMILES string of the molecule is Cn1cnnc1[C@H]1CN(Cc2cn[nH]c2C(C)(C)C)CCO1. The molecule has 7 heteroatoms. The lowest BCUT2D eigenvalue weighted by Gasteiger charge is -2.32. The van der Waals surface area contributed by atoms with Crippen molar-refractivity contribution in [2.24, 2.45) is 7.05 Å². The Morgan fingerprint density at radius 3 is 2.91 bits per heavy atom. The molecule has 3 heterocycles. The summed E-state index contributed by atoms with van der Waals surface area (Å²) in [6.07, 6.45) is 3.63. The third-order valence-electron chi connectivity index (χ3n) is 4.05. The van der Waals surface area contributed by atoms with E-state index in [2.05, 4.69) is 46.1 Å². The van der Waals surface area contributed by atoms with Gasteiger partial charge in [-0.1, -0.05) is 20.8 Å². The molecule has 2 aromatic rings. The van der Waals surface area contributed by atoms with Crippen LogP contribution in [-0.4, -0.2) is 49.6 Å². The quantitative estimate of drug-likeness (QED) is 0.928. The fraction of sp³-hybridized carbons (Fsp3) is 0.667. The van der Waals surface area contributed by atoms with E-state index < -0.39 is 0 Å². The van der Waals surface area contributed by atoms with Crippen molar-refractivity contribution in [1.82, 2.24) is 29.9 Å². The molecular weight excluding hydrogens is 280 g/mol. The van der Waals surface area contributed by atoms with Crippen molar-refractivity contribution in [3.05, 3.63) is 29.6 Å². The number of nitrogens with one attached hydrogen (secondary N) is 1. The number of aryl methyl sites for hydroxylation is 1. The average Bonchev–Trinajstić information content (AvgIpc) is 3.07. The fourth-order valence-corrected chi connectivity index (χ4v) is 2.91. The molecule has 1 aliphatic rings. The number of hydrogen-bond acceptors (Lipinski definition) is 5. The Bertz CT molecular complexity index is 626. The van der Waals surface area contributed by atoms with Crippen LogP contribution >= 0.6 is 0 Å². The molecule has 0 spiro atoms. The first-order valence-corrected chi connectivity index (χ1v) is 7.65. The number of H-pyrrole nitrogens is 1. The van der Waals surface area contributed by atoms with Gasteiger partial charge in [-0.15, -0.1) is 10.2 Å². The van der Waals surface area contributed by atoms with E-state index in [-0.39, 0.29) is 11.5 Å². The van der Waals surface area contributed by atoms with Crippen molar-refractivity contribution in [2.45, 2.75) is 38.8 Å². The van der Waals surface area contributed by atoms with Gasteiger partial charge in [0.1, 0.15) is 12.4 Å². The van der Waals surface area contributed by atoms with Crippen molar-refractivity contribution < 1.29 is 4.74 Å². The number of rotatable bonds is 3. The van der Waals surface area contributed by atoms with Crippen LogP contribution in [0.2, 0.25) is 0 Å². The normalized spacial score (nSPS) is 20.5. The molecule has 7 nitrogen and oxygen atoms in total. The van der Waals surface area contributed by atoms with Crippen LogP contribution in [0.15, 0.2) is 12.5 Å². The van der Waals surface area contributed by atoms with Crippen LogP contribution in [0.4, 0.5) is 0 Å². The van der Waals surface area contributed by atoms with Gasteiger partial charge in [0.25, 0.3) is 0 Å². The Balaban J connectivity index is 1.71. The highest BCUT2D eigenvalue weighted by molar-refractivity contribution is 5.23. The molecule has 2 aromatic heterocycles. The number of morpholine rings is 1. The van der Waals surface area contributed by atoms with Crippen molar-refractivity contribution >= 4 is 0 Å². The third kappa shape index (κ3) is 3.05. The van der Waals surface area contributed by atoms with Crippen molar-refractivity contribution in [3.63, 3.8) is 0 Å². The first-order valence-electron chi connectivity index (χ1n) is 7.65. The summed E-state index contributed by atoms with van der Waals surface area (Å²) in [5.74, 6) is 0.882. The Morgan fingerprint density at radius 2 is 2.23 bits per heavy atom. The molecule has 120 valence electrons. The standard InChI is InChI=1S/C15H24N6O/c1-15(2,3)13-11(7-16-18-13)8-21-5-6-22-12(9-21)14-19-17-10-20(14)4/h7,10,12H,5-6,8-9H2,1-4H3,(H,16,18)/t12-/m1/s1. The Kier molecular flexibility index (Phi) is 4.01. The van der Waals surface area contributed by atoms with Crippen LogP contribution in [0.3, 0.4) is 0 Å². The topological polar surface area (TPSA) is 71.9 Å². The molecule has 3 rings (SSSR count). The van der Waals surface area contributed by atoms with Crippen molar-refractivity contribution in [1.29, 1.82) is 0 Å². The Labute approximate surface area is 130 Å². The molecule has 1 N–H and O–H groups in total. The second kappa shape index (κ2) is 5.81. The predicted molar refractivity (Wildman–Crippen MR) is 82.3 cm³/mol. The summed E-state index contributed by atoms with van der Waals surface area (Å²) < 4.78 is 7.78. The zero-order valence-corrected chi connectivity index (χ0v) is 13.7. The minimum Gasteiger partial charge on any atom is -0.368 e. The highest BCUT2D eigenvalue weighted by Gasteiger charge is 2.27. The molecular formula is C15H24N6O. The van der Waals surface area contributed by atoms with Gasteiger partial charge in [0, 0.05) is 43.4 Å². The van der Waals surface area contributed by atoms with Gasteiger partial charge >= 0.3 is 0 Å². The van der Waals surface area contributed by atoms with E-state index in [0.29, 0.717) is 6.61 Å². The third-order valence-corrected chi connectivity index (χ3v) is 4.05. The number of nitrogens with zero attached hydrogens (tertiary/aromatic N) is 5. The molecule has 0 bridgehead atoms. The van der Waals surface area contributed by atoms with Gasteiger partial charge in [-0.25, -0.2) is 0 Å². The number of hydrogen-bond donors (Lipinski definition) is 1. The van der Waals surface area contributed by atoms with E-state index in [4.69, 9.17) is 4.74 Å². The van der Waals surface area contributed by atoms with Crippen molar-refractivity contribution in [3.8, 4) is 0 Å². The maximum Gasteiger partial charge on any atom is 0.163 e. The van der Waals surface area contributed by atoms with Crippen LogP contribution in [0.5, 0.6) is 0 Å². The van der Waals surface area contributed by atoms with Gasteiger partial charge in [-0.05, 0) is 0 Å². The zero-order valence-electron chi connectivity index (χ0n) is 13.7. The summed E-state index contributed by atoms with van der Waals surface area (Å²) in [7, 11) is 1.95. The van der Waals surface area contributed by atoms with Gasteiger partial charge in [-0.2, -0.15) is 5.10 Å². The van der Waals surface area contributed by atoms with Crippen LogP contribution in [-0.2, 0) is 23.7 Å². The molecule has 0 radical (unpaired) electrons. The number of aromatic nitrogens is 5. The maximum atomic E-state index is 5.86. The van der Waals surface area contributed by atoms with E-state index in [1.165, 1.54) is 11.3 Å². The summed E-state index contributed by atoms with van der Waals surface area (Å²) >= 11 is 0. The van der Waals surface area contributed by atoms with Gasteiger partial charge in [0.05, 0.1) is 12.8 Å². The van der Waals surface area contributed by atoms with E-state index in [0.717, 1.165) is 25.5 Å². The predicted octanol–water partition coefficient (Wildman–Crippen LogP) is 1.41. The minimum atomic E-state index is -0.0220. The smallest absolute Gasteiger partial charge is 0.163 e. The van der Waals surface area contributed by atoms with Crippen LogP contribution in [0, 0.1) is 0 Å². The van der Waals surface area contributed by atoms with Gasteiger partial charge < -0.3 is 9.30 Å². The Morgan fingerprint density at radius 1 is 1.41 bits per heavy atom. The highest BCUT2D eigenvalue weighted by atomic mass is 16.5. The summed E-state index contributed by atoms with van der Waals surface area (Å²) in [5.41, 5.74) is 2.53. The minimum absolute atomic E-state index is 0.0220. The fourth-order valence-electron chi connectivity index (χ4n) is 2.91. The molecule has 0 aliphatic carbocycles. The lowest BCUT2D eigenvalue weighted by molar-refractivity contribution is -0.0386. The van der Waals surface area contributed by atoms with Crippen LogP contribution in [0.25, 0.3) is 0 Å². The zero-order chi connectivity index (χ0) is 15.7. The molecule has 1 saturated heterocycles.